The number of pyridine rings is 2. The van der Waals surface area contributed by atoms with Crippen LogP contribution in [0.3, 0.4) is 0 Å². The zero-order chi connectivity index (χ0) is 25.7. The SMILES string of the molecule is Cc1ccc(-c2csc(CN(C(=O)c3ccc4nc(N)c5c(c4c3)COC5)c3cn(C)nc3C)n2)cn1. The van der Waals surface area contributed by atoms with Gasteiger partial charge in [0.15, 0.2) is 0 Å². The largest absolute Gasteiger partial charge is 0.383 e. The zero-order valence-corrected chi connectivity index (χ0v) is 21.5. The molecular formula is C27H25N7O2S. The number of carbonyl (C=O) groups excluding carboxylic acids is 1. The highest BCUT2D eigenvalue weighted by Crippen LogP contribution is 2.33. The predicted octanol–water partition coefficient (Wildman–Crippen LogP) is 4.56. The van der Waals surface area contributed by atoms with E-state index in [1.54, 1.807) is 15.6 Å². The number of hydrogen-bond acceptors (Lipinski definition) is 8. The average molecular weight is 512 g/mol. The summed E-state index contributed by atoms with van der Waals surface area (Å²) in [6, 6.07) is 9.50. The van der Waals surface area contributed by atoms with E-state index in [1.807, 2.05) is 62.9 Å². The van der Waals surface area contributed by atoms with Crippen LogP contribution in [-0.4, -0.2) is 30.6 Å². The first-order chi connectivity index (χ1) is 17.9. The molecule has 0 saturated heterocycles. The third-order valence-electron chi connectivity index (χ3n) is 6.55. The van der Waals surface area contributed by atoms with Gasteiger partial charge in [0.1, 0.15) is 10.8 Å². The lowest BCUT2D eigenvalue weighted by Gasteiger charge is -2.21. The van der Waals surface area contributed by atoms with Gasteiger partial charge in [-0.2, -0.15) is 5.10 Å². The molecule has 1 aromatic carbocycles. The maximum Gasteiger partial charge on any atom is 0.258 e. The fourth-order valence-corrected chi connectivity index (χ4v) is 5.44. The first-order valence-electron chi connectivity index (χ1n) is 11.9. The summed E-state index contributed by atoms with van der Waals surface area (Å²) in [4.78, 5) is 29.5. The standard InChI is InChI=1S/C27H25N7O2S/c1-15-4-5-18(9-29-15)23-14-37-25(30-23)11-34(24-10-33(3)32-16(24)2)27(35)17-6-7-22-19(8-17)20-12-36-13-21(20)26(28)31-22/h4-10,14H,11-13H2,1-3H3,(H2,28,31). The van der Waals surface area contributed by atoms with Gasteiger partial charge in [0.05, 0.1) is 42.4 Å². The maximum absolute atomic E-state index is 14.0. The van der Waals surface area contributed by atoms with Gasteiger partial charge in [-0.05, 0) is 49.7 Å². The molecule has 0 bridgehead atoms. The van der Waals surface area contributed by atoms with Crippen LogP contribution < -0.4 is 10.6 Å². The highest BCUT2D eigenvalue weighted by molar-refractivity contribution is 7.10. The van der Waals surface area contributed by atoms with Gasteiger partial charge < -0.3 is 10.5 Å². The van der Waals surface area contributed by atoms with E-state index >= 15 is 0 Å². The first-order valence-corrected chi connectivity index (χ1v) is 12.7. The summed E-state index contributed by atoms with van der Waals surface area (Å²) in [6.45, 7) is 5.06. The van der Waals surface area contributed by atoms with Crippen molar-refractivity contribution in [2.45, 2.75) is 33.6 Å². The molecule has 0 spiro atoms. The van der Waals surface area contributed by atoms with Gasteiger partial charge in [0, 0.05) is 52.6 Å². The van der Waals surface area contributed by atoms with Crippen molar-refractivity contribution in [3.8, 4) is 11.3 Å². The average Bonchev–Trinajstić information content (AvgIpc) is 3.63. The second-order valence-electron chi connectivity index (χ2n) is 9.16. The highest BCUT2D eigenvalue weighted by atomic mass is 32.1. The van der Waals surface area contributed by atoms with Crippen LogP contribution in [0.5, 0.6) is 0 Å². The molecule has 5 heterocycles. The Bertz CT molecular complexity index is 1660. The van der Waals surface area contributed by atoms with Crippen molar-refractivity contribution in [3.05, 3.63) is 81.2 Å². The molecule has 1 aliphatic heterocycles. The van der Waals surface area contributed by atoms with Crippen LogP contribution in [0.15, 0.2) is 48.1 Å². The van der Waals surface area contributed by atoms with E-state index in [9.17, 15) is 4.79 Å². The van der Waals surface area contributed by atoms with Crippen molar-refractivity contribution in [3.63, 3.8) is 0 Å². The lowest BCUT2D eigenvalue weighted by molar-refractivity contribution is 0.0985. The molecule has 0 saturated carbocycles. The third kappa shape index (κ3) is 4.24. The number of rotatable bonds is 5. The minimum Gasteiger partial charge on any atom is -0.383 e. The molecule has 0 atom stereocenters. The number of nitrogens with two attached hydrogens (primary N) is 1. The van der Waals surface area contributed by atoms with Crippen LogP contribution in [0.25, 0.3) is 22.2 Å². The molecule has 4 aromatic heterocycles. The van der Waals surface area contributed by atoms with E-state index in [1.165, 1.54) is 11.3 Å². The van der Waals surface area contributed by atoms with Crippen molar-refractivity contribution in [1.82, 2.24) is 24.7 Å². The molecule has 1 amide bonds. The Kier molecular flexibility index (Phi) is 5.69. The number of benzene rings is 1. The number of anilines is 2. The summed E-state index contributed by atoms with van der Waals surface area (Å²) in [7, 11) is 1.85. The van der Waals surface area contributed by atoms with Gasteiger partial charge in [-0.25, -0.2) is 9.97 Å². The summed E-state index contributed by atoms with van der Waals surface area (Å²) in [5.74, 6) is 0.339. The monoisotopic (exact) mass is 511 g/mol. The molecule has 37 heavy (non-hydrogen) atoms. The first kappa shape index (κ1) is 23.3. The Morgan fingerprint density at radius 2 is 2.00 bits per heavy atom. The van der Waals surface area contributed by atoms with Crippen LogP contribution in [0.4, 0.5) is 11.5 Å². The highest BCUT2D eigenvalue weighted by Gasteiger charge is 2.25. The molecule has 0 radical (unpaired) electrons. The van der Waals surface area contributed by atoms with Crippen molar-refractivity contribution >= 4 is 39.7 Å². The van der Waals surface area contributed by atoms with Crippen LogP contribution in [0.1, 0.15) is 37.9 Å². The molecule has 1 aliphatic rings. The number of ether oxygens (including phenoxy) is 1. The summed E-state index contributed by atoms with van der Waals surface area (Å²) in [6.07, 6.45) is 3.68. The van der Waals surface area contributed by atoms with Gasteiger partial charge in [-0.3, -0.25) is 19.4 Å². The lowest BCUT2D eigenvalue weighted by atomic mass is 10.0. The number of nitrogen functional groups attached to an aromatic ring is 1. The van der Waals surface area contributed by atoms with Crippen molar-refractivity contribution in [2.24, 2.45) is 7.05 Å². The topological polar surface area (TPSA) is 112 Å². The molecule has 186 valence electrons. The predicted molar refractivity (Wildman–Crippen MR) is 143 cm³/mol. The molecule has 0 fully saturated rings. The molecule has 0 aliphatic carbocycles. The van der Waals surface area contributed by atoms with E-state index < -0.39 is 0 Å². The quantitative estimate of drug-likeness (QED) is 0.368. The lowest BCUT2D eigenvalue weighted by Crippen LogP contribution is -2.30. The van der Waals surface area contributed by atoms with Gasteiger partial charge in [0.2, 0.25) is 0 Å². The Labute approximate surface area is 217 Å². The van der Waals surface area contributed by atoms with E-state index in [4.69, 9.17) is 15.5 Å². The number of thiazole rings is 1. The molecule has 2 N–H and O–H groups in total. The van der Waals surface area contributed by atoms with Gasteiger partial charge in [-0.15, -0.1) is 11.3 Å². The molecular weight excluding hydrogens is 486 g/mol. The Morgan fingerprint density at radius 1 is 1.16 bits per heavy atom. The second kappa shape index (κ2) is 9.06. The summed E-state index contributed by atoms with van der Waals surface area (Å²) in [5.41, 5.74) is 13.6. The number of aromatic nitrogens is 5. The van der Waals surface area contributed by atoms with Crippen molar-refractivity contribution in [1.29, 1.82) is 0 Å². The number of nitrogens with zero attached hydrogens (tertiary/aromatic N) is 6. The van der Waals surface area contributed by atoms with E-state index in [0.717, 1.165) is 55.4 Å². The smallest absolute Gasteiger partial charge is 0.258 e. The fourth-order valence-electron chi connectivity index (χ4n) is 4.65. The van der Waals surface area contributed by atoms with Crippen LogP contribution in [0.2, 0.25) is 0 Å². The Balaban J connectivity index is 1.38. The molecule has 5 aromatic rings. The maximum atomic E-state index is 14.0. The molecule has 6 rings (SSSR count). The second-order valence-corrected chi connectivity index (χ2v) is 10.1. The third-order valence-corrected chi connectivity index (χ3v) is 7.39. The Hall–Kier alpha value is -4.15. The normalized spacial score (nSPS) is 12.7. The van der Waals surface area contributed by atoms with Crippen LogP contribution in [-0.2, 0) is 31.5 Å². The molecule has 0 unspecified atom stereocenters. The van der Waals surface area contributed by atoms with Gasteiger partial charge in [0.25, 0.3) is 5.91 Å². The molecule has 10 heteroatoms. The van der Waals surface area contributed by atoms with Crippen molar-refractivity contribution in [2.75, 3.05) is 10.6 Å². The number of carbonyl (C=O) groups is 1. The number of hydrogen-bond donors (Lipinski definition) is 1. The van der Waals surface area contributed by atoms with Crippen LogP contribution >= 0.6 is 11.3 Å². The van der Waals surface area contributed by atoms with E-state index in [2.05, 4.69) is 15.1 Å². The van der Waals surface area contributed by atoms with E-state index in [-0.39, 0.29) is 5.91 Å². The van der Waals surface area contributed by atoms with Crippen molar-refractivity contribution < 1.29 is 9.53 Å². The van der Waals surface area contributed by atoms with Gasteiger partial charge in [-0.1, -0.05) is 0 Å². The number of amides is 1. The number of aryl methyl sites for hydroxylation is 3. The zero-order valence-electron chi connectivity index (χ0n) is 20.7. The van der Waals surface area contributed by atoms with Gasteiger partial charge >= 0.3 is 0 Å². The summed E-state index contributed by atoms with van der Waals surface area (Å²) in [5, 5.41) is 8.17. The van der Waals surface area contributed by atoms with E-state index in [0.29, 0.717) is 31.1 Å². The fraction of sp³-hybridized carbons (Fsp3) is 0.222. The molecule has 9 nitrogen and oxygen atoms in total. The number of fused-ring (bicyclic) bond motifs is 3. The minimum absolute atomic E-state index is 0.142. The minimum atomic E-state index is -0.142. The van der Waals surface area contributed by atoms with Crippen LogP contribution in [0, 0.1) is 13.8 Å². The summed E-state index contributed by atoms with van der Waals surface area (Å²) >= 11 is 1.52. The summed E-state index contributed by atoms with van der Waals surface area (Å²) < 4.78 is 7.34. The Morgan fingerprint density at radius 3 is 2.76 bits per heavy atom.